The highest BCUT2D eigenvalue weighted by molar-refractivity contribution is 7.10. The maximum atomic E-state index is 11.9. The molecule has 3 rings (SSSR count). The Morgan fingerprint density at radius 3 is 3.18 bits per heavy atom. The van der Waals surface area contributed by atoms with Gasteiger partial charge in [0.25, 0.3) is 5.56 Å². The summed E-state index contributed by atoms with van der Waals surface area (Å²) < 4.78 is 1.44. The fraction of sp³-hybridized carbons (Fsp3) is 0.312. The first-order chi connectivity index (χ1) is 10.7. The summed E-state index contributed by atoms with van der Waals surface area (Å²) in [6, 6.07) is 5.56. The highest BCUT2D eigenvalue weighted by Gasteiger charge is 2.14. The lowest BCUT2D eigenvalue weighted by Gasteiger charge is -2.07. The van der Waals surface area contributed by atoms with Gasteiger partial charge in [0.05, 0.1) is 12.2 Å². The van der Waals surface area contributed by atoms with Crippen LogP contribution in [-0.4, -0.2) is 22.2 Å². The van der Waals surface area contributed by atoms with Crippen molar-refractivity contribution in [2.75, 3.05) is 6.54 Å². The lowest BCUT2D eigenvalue weighted by Crippen LogP contribution is -2.31. The molecule has 2 aromatic heterocycles. The first kappa shape index (κ1) is 14.7. The monoisotopic (exact) mass is 315 g/mol. The van der Waals surface area contributed by atoms with E-state index >= 15 is 0 Å². The largest absolute Gasteiger partial charge is 0.351 e. The second-order valence-corrected chi connectivity index (χ2v) is 6.15. The number of amides is 1. The first-order valence-corrected chi connectivity index (χ1v) is 8.20. The molecule has 0 saturated heterocycles. The van der Waals surface area contributed by atoms with E-state index in [1.54, 1.807) is 23.5 Å². The van der Waals surface area contributed by atoms with Crippen LogP contribution in [0.5, 0.6) is 0 Å². The van der Waals surface area contributed by atoms with Crippen LogP contribution in [0.4, 0.5) is 0 Å². The number of fused-ring (bicyclic) bond motifs is 1. The summed E-state index contributed by atoms with van der Waals surface area (Å²) >= 11 is 1.58. The second-order valence-electron chi connectivity index (χ2n) is 5.17. The lowest BCUT2D eigenvalue weighted by molar-refractivity contribution is -0.116. The summed E-state index contributed by atoms with van der Waals surface area (Å²) in [4.78, 5) is 24.6. The molecule has 0 unspecified atom stereocenters. The molecule has 5 nitrogen and oxygen atoms in total. The maximum Gasteiger partial charge on any atom is 0.267 e. The molecule has 0 aliphatic heterocycles. The third-order valence-electron chi connectivity index (χ3n) is 3.59. The first-order valence-electron chi connectivity index (χ1n) is 7.32. The molecule has 1 amide bonds. The van der Waals surface area contributed by atoms with Crippen LogP contribution in [0, 0.1) is 0 Å². The van der Waals surface area contributed by atoms with Gasteiger partial charge in [-0.05, 0) is 42.3 Å². The maximum absolute atomic E-state index is 11.9. The Kier molecular flexibility index (Phi) is 4.48. The molecule has 0 radical (unpaired) electrons. The summed E-state index contributed by atoms with van der Waals surface area (Å²) in [6.45, 7) is 0.782. The molecule has 0 bridgehead atoms. The van der Waals surface area contributed by atoms with Crippen molar-refractivity contribution < 1.29 is 4.79 Å². The molecule has 2 heterocycles. The Labute approximate surface area is 132 Å². The van der Waals surface area contributed by atoms with Gasteiger partial charge in [-0.25, -0.2) is 4.68 Å². The SMILES string of the molecule is O=C(/C=C/c1cccs1)NCCn1nc2c(cc1=O)CCC2. The Balaban J connectivity index is 1.53. The number of carbonyl (C=O) groups is 1. The normalized spacial score (nSPS) is 13.5. The van der Waals surface area contributed by atoms with E-state index in [9.17, 15) is 9.59 Å². The van der Waals surface area contributed by atoms with E-state index in [0.717, 1.165) is 35.4 Å². The zero-order chi connectivity index (χ0) is 15.4. The molecule has 1 aliphatic rings. The summed E-state index contributed by atoms with van der Waals surface area (Å²) in [7, 11) is 0. The summed E-state index contributed by atoms with van der Waals surface area (Å²) in [5.41, 5.74) is 2.00. The predicted molar refractivity (Wildman–Crippen MR) is 86.9 cm³/mol. The van der Waals surface area contributed by atoms with Crippen molar-refractivity contribution in [2.24, 2.45) is 0 Å². The van der Waals surface area contributed by atoms with Gasteiger partial charge in [-0.2, -0.15) is 5.10 Å². The number of hydrogen-bond acceptors (Lipinski definition) is 4. The Hall–Kier alpha value is -2.21. The zero-order valence-corrected chi connectivity index (χ0v) is 12.9. The van der Waals surface area contributed by atoms with Crippen LogP contribution in [0.25, 0.3) is 6.08 Å². The topological polar surface area (TPSA) is 64.0 Å². The standard InChI is InChI=1S/C16H17N3O2S/c20-15(7-6-13-4-2-10-22-13)17-8-9-19-16(21)11-12-3-1-5-14(12)18-19/h2,4,6-7,10-11H,1,3,5,8-9H2,(H,17,20)/b7-6+. The van der Waals surface area contributed by atoms with Crippen LogP contribution < -0.4 is 10.9 Å². The number of aryl methyl sites for hydroxylation is 2. The number of nitrogens with zero attached hydrogens (tertiary/aromatic N) is 2. The number of hydrogen-bond donors (Lipinski definition) is 1. The van der Waals surface area contributed by atoms with Gasteiger partial charge >= 0.3 is 0 Å². The van der Waals surface area contributed by atoms with Crippen LogP contribution in [0.2, 0.25) is 0 Å². The fourth-order valence-electron chi connectivity index (χ4n) is 2.49. The fourth-order valence-corrected chi connectivity index (χ4v) is 3.11. The lowest BCUT2D eigenvalue weighted by atomic mass is 10.2. The van der Waals surface area contributed by atoms with E-state index in [1.807, 2.05) is 17.5 Å². The molecule has 114 valence electrons. The highest BCUT2D eigenvalue weighted by atomic mass is 32.1. The number of nitrogens with one attached hydrogen (secondary N) is 1. The Bertz CT molecular complexity index is 747. The molecule has 0 aromatic carbocycles. The molecule has 6 heteroatoms. The minimum atomic E-state index is -0.164. The van der Waals surface area contributed by atoms with Gasteiger partial charge in [-0.3, -0.25) is 9.59 Å². The van der Waals surface area contributed by atoms with E-state index < -0.39 is 0 Å². The van der Waals surface area contributed by atoms with E-state index in [2.05, 4.69) is 10.4 Å². The smallest absolute Gasteiger partial charge is 0.267 e. The number of rotatable bonds is 5. The van der Waals surface area contributed by atoms with Crippen LogP contribution in [0.3, 0.4) is 0 Å². The molecule has 0 spiro atoms. The van der Waals surface area contributed by atoms with Gasteiger partial charge in [-0.1, -0.05) is 6.07 Å². The zero-order valence-electron chi connectivity index (χ0n) is 12.1. The van der Waals surface area contributed by atoms with E-state index in [1.165, 1.54) is 10.8 Å². The summed E-state index contributed by atoms with van der Waals surface area (Å²) in [5.74, 6) is -0.164. The molecule has 22 heavy (non-hydrogen) atoms. The summed E-state index contributed by atoms with van der Waals surface area (Å²) in [5, 5.41) is 9.10. The minimum Gasteiger partial charge on any atom is -0.351 e. The molecule has 0 fully saturated rings. The van der Waals surface area contributed by atoms with Crippen molar-refractivity contribution in [1.29, 1.82) is 0 Å². The highest BCUT2D eigenvalue weighted by Crippen LogP contribution is 2.16. The predicted octanol–water partition coefficient (Wildman–Crippen LogP) is 1.62. The quantitative estimate of drug-likeness (QED) is 0.853. The van der Waals surface area contributed by atoms with Crippen molar-refractivity contribution in [3.8, 4) is 0 Å². The van der Waals surface area contributed by atoms with Gasteiger partial charge in [0.1, 0.15) is 0 Å². The third-order valence-corrected chi connectivity index (χ3v) is 4.43. The van der Waals surface area contributed by atoms with E-state index in [0.29, 0.717) is 13.1 Å². The van der Waals surface area contributed by atoms with Gasteiger partial charge in [-0.15, -0.1) is 11.3 Å². The van der Waals surface area contributed by atoms with Crippen molar-refractivity contribution in [2.45, 2.75) is 25.8 Å². The molecule has 1 aliphatic carbocycles. The van der Waals surface area contributed by atoms with Crippen LogP contribution in [0.1, 0.15) is 22.6 Å². The average Bonchev–Trinajstić information content (AvgIpc) is 3.16. The number of thiophene rings is 1. The molecule has 0 atom stereocenters. The van der Waals surface area contributed by atoms with Crippen molar-refractivity contribution >= 4 is 23.3 Å². The van der Waals surface area contributed by atoms with Crippen LogP contribution >= 0.6 is 11.3 Å². The van der Waals surface area contributed by atoms with Gasteiger partial charge < -0.3 is 5.32 Å². The van der Waals surface area contributed by atoms with Gasteiger partial charge in [0.2, 0.25) is 5.91 Å². The Morgan fingerprint density at radius 1 is 1.45 bits per heavy atom. The van der Waals surface area contributed by atoms with Gasteiger partial charge in [0.15, 0.2) is 0 Å². The average molecular weight is 315 g/mol. The Morgan fingerprint density at radius 2 is 2.36 bits per heavy atom. The number of aromatic nitrogens is 2. The van der Waals surface area contributed by atoms with Crippen LogP contribution in [0.15, 0.2) is 34.4 Å². The molecule has 2 aromatic rings. The molecular formula is C16H17N3O2S. The van der Waals surface area contributed by atoms with Crippen molar-refractivity contribution in [3.05, 3.63) is 56.1 Å². The summed E-state index contributed by atoms with van der Waals surface area (Å²) in [6.07, 6.45) is 6.23. The third kappa shape index (κ3) is 3.51. The van der Waals surface area contributed by atoms with Crippen molar-refractivity contribution in [1.82, 2.24) is 15.1 Å². The molecule has 1 N–H and O–H groups in total. The van der Waals surface area contributed by atoms with E-state index in [-0.39, 0.29) is 11.5 Å². The molecule has 0 saturated carbocycles. The van der Waals surface area contributed by atoms with Crippen molar-refractivity contribution in [3.63, 3.8) is 0 Å². The second kappa shape index (κ2) is 6.70. The van der Waals surface area contributed by atoms with Gasteiger partial charge in [0, 0.05) is 23.6 Å². The molecular weight excluding hydrogens is 298 g/mol. The number of carbonyl (C=O) groups excluding carboxylic acids is 1. The van der Waals surface area contributed by atoms with Crippen LogP contribution in [-0.2, 0) is 24.2 Å². The van der Waals surface area contributed by atoms with E-state index in [4.69, 9.17) is 0 Å². The minimum absolute atomic E-state index is 0.0935.